The van der Waals surface area contributed by atoms with E-state index in [1.807, 2.05) is 24.3 Å². The molecule has 0 aromatic heterocycles. The van der Waals surface area contributed by atoms with Crippen molar-refractivity contribution in [3.05, 3.63) is 59.7 Å². The van der Waals surface area contributed by atoms with Gasteiger partial charge in [-0.1, -0.05) is 49.7 Å². The second kappa shape index (κ2) is 9.21. The summed E-state index contributed by atoms with van der Waals surface area (Å²) in [7, 11) is 3.84. The highest BCUT2D eigenvalue weighted by atomic mass is 16.5. The lowest BCUT2D eigenvalue weighted by Crippen LogP contribution is -2.18. The maximum absolute atomic E-state index is 5.90. The summed E-state index contributed by atoms with van der Waals surface area (Å²) in [6.45, 7) is 4.81. The Kier molecular flexibility index (Phi) is 6.95. The molecule has 0 spiro atoms. The van der Waals surface area contributed by atoms with E-state index in [-0.39, 0.29) is 0 Å². The van der Waals surface area contributed by atoms with E-state index >= 15 is 0 Å². The van der Waals surface area contributed by atoms with Gasteiger partial charge in [0.25, 0.3) is 0 Å². The van der Waals surface area contributed by atoms with Crippen molar-refractivity contribution >= 4 is 0 Å². The smallest absolute Gasteiger partial charge is 0.161 e. The first kappa shape index (κ1) is 17.4. The quantitative estimate of drug-likeness (QED) is 0.680. The molecule has 0 heterocycles. The first-order chi connectivity index (χ1) is 11.2. The Labute approximate surface area is 139 Å². The molecule has 2 aromatic rings. The molecule has 0 N–H and O–H groups in total. The molecular formula is C20H27NO2. The standard InChI is InChI=1S/C20H27NO2/c1-4-5-13-21(2)15-18-11-12-19(20(14-18)22-3)23-16-17-9-7-6-8-10-17/h6-12,14H,4-5,13,15-16H2,1-3H3. The second-order valence-corrected chi connectivity index (χ2v) is 5.85. The molecule has 2 rings (SSSR count). The summed E-state index contributed by atoms with van der Waals surface area (Å²) in [6.07, 6.45) is 2.45. The lowest BCUT2D eigenvalue weighted by Gasteiger charge is -2.18. The maximum atomic E-state index is 5.90. The molecule has 3 nitrogen and oxygen atoms in total. The number of hydrogen-bond acceptors (Lipinski definition) is 3. The molecule has 0 radical (unpaired) electrons. The molecule has 3 heteroatoms. The van der Waals surface area contributed by atoms with E-state index < -0.39 is 0 Å². The molecule has 124 valence electrons. The van der Waals surface area contributed by atoms with Gasteiger partial charge in [0.1, 0.15) is 6.61 Å². The average Bonchev–Trinajstić information content (AvgIpc) is 2.59. The number of ether oxygens (including phenoxy) is 2. The molecule has 0 atom stereocenters. The van der Waals surface area contributed by atoms with Gasteiger partial charge in [-0.25, -0.2) is 0 Å². The zero-order valence-electron chi connectivity index (χ0n) is 14.4. The van der Waals surface area contributed by atoms with E-state index in [2.05, 4.69) is 43.1 Å². The molecule has 0 unspecified atom stereocenters. The topological polar surface area (TPSA) is 21.7 Å². The van der Waals surface area contributed by atoms with E-state index in [9.17, 15) is 0 Å². The lowest BCUT2D eigenvalue weighted by atomic mass is 10.2. The van der Waals surface area contributed by atoms with Crippen LogP contribution in [0.1, 0.15) is 30.9 Å². The van der Waals surface area contributed by atoms with Crippen LogP contribution >= 0.6 is 0 Å². The minimum Gasteiger partial charge on any atom is -0.493 e. The third kappa shape index (κ3) is 5.61. The summed E-state index contributed by atoms with van der Waals surface area (Å²) in [4.78, 5) is 2.34. The molecule has 0 saturated heterocycles. The Bertz CT molecular complexity index is 583. The zero-order valence-corrected chi connectivity index (χ0v) is 14.4. The van der Waals surface area contributed by atoms with Gasteiger partial charge >= 0.3 is 0 Å². The summed E-state index contributed by atoms with van der Waals surface area (Å²) in [5, 5.41) is 0. The maximum Gasteiger partial charge on any atom is 0.161 e. The fourth-order valence-corrected chi connectivity index (χ4v) is 2.48. The molecule has 0 saturated carbocycles. The van der Waals surface area contributed by atoms with Crippen LogP contribution in [0.25, 0.3) is 0 Å². The number of unbranched alkanes of at least 4 members (excludes halogenated alkanes) is 1. The van der Waals surface area contributed by atoms with Crippen LogP contribution in [0.3, 0.4) is 0 Å². The first-order valence-corrected chi connectivity index (χ1v) is 8.25. The van der Waals surface area contributed by atoms with E-state index in [1.54, 1.807) is 7.11 Å². The van der Waals surface area contributed by atoms with Crippen LogP contribution in [0.15, 0.2) is 48.5 Å². The van der Waals surface area contributed by atoms with Crippen molar-refractivity contribution in [2.45, 2.75) is 32.9 Å². The fourth-order valence-electron chi connectivity index (χ4n) is 2.48. The van der Waals surface area contributed by atoms with Crippen LogP contribution in [0.5, 0.6) is 11.5 Å². The molecule has 0 aliphatic carbocycles. The van der Waals surface area contributed by atoms with Crippen LogP contribution in [0, 0.1) is 0 Å². The molecule has 2 aromatic carbocycles. The molecule has 23 heavy (non-hydrogen) atoms. The van der Waals surface area contributed by atoms with Gasteiger partial charge < -0.3 is 14.4 Å². The molecule has 0 aliphatic heterocycles. The summed E-state index contributed by atoms with van der Waals surface area (Å²) in [6, 6.07) is 16.4. The van der Waals surface area contributed by atoms with Gasteiger partial charge in [0.05, 0.1) is 7.11 Å². The Hall–Kier alpha value is -2.00. The summed E-state index contributed by atoms with van der Waals surface area (Å²) in [5.41, 5.74) is 2.39. The van der Waals surface area contributed by atoms with Crippen molar-refractivity contribution in [2.24, 2.45) is 0 Å². The predicted molar refractivity (Wildman–Crippen MR) is 95.0 cm³/mol. The van der Waals surface area contributed by atoms with E-state index in [0.717, 1.165) is 30.2 Å². The van der Waals surface area contributed by atoms with Crippen molar-refractivity contribution in [2.75, 3.05) is 20.7 Å². The number of methoxy groups -OCH3 is 1. The van der Waals surface area contributed by atoms with Gasteiger partial charge in [0.15, 0.2) is 11.5 Å². The first-order valence-electron chi connectivity index (χ1n) is 8.25. The predicted octanol–water partition coefficient (Wildman–Crippen LogP) is 4.51. The molecule has 0 amide bonds. The van der Waals surface area contributed by atoms with Crippen LogP contribution < -0.4 is 9.47 Å². The van der Waals surface area contributed by atoms with Crippen LogP contribution in [0.2, 0.25) is 0 Å². The Morgan fingerprint density at radius 2 is 1.74 bits per heavy atom. The average molecular weight is 313 g/mol. The Balaban J connectivity index is 1.98. The van der Waals surface area contributed by atoms with Crippen molar-refractivity contribution in [3.8, 4) is 11.5 Å². The van der Waals surface area contributed by atoms with E-state index in [4.69, 9.17) is 9.47 Å². The van der Waals surface area contributed by atoms with E-state index in [1.165, 1.54) is 18.4 Å². The summed E-state index contributed by atoms with van der Waals surface area (Å²) in [5.74, 6) is 1.58. The Morgan fingerprint density at radius 1 is 0.957 bits per heavy atom. The van der Waals surface area contributed by atoms with Crippen molar-refractivity contribution < 1.29 is 9.47 Å². The van der Waals surface area contributed by atoms with Gasteiger partial charge in [-0.3, -0.25) is 0 Å². The SMILES string of the molecule is CCCCN(C)Cc1ccc(OCc2ccccc2)c(OC)c1. The van der Waals surface area contributed by atoms with Gasteiger partial charge in [-0.05, 0) is 43.3 Å². The van der Waals surface area contributed by atoms with Gasteiger partial charge in [0, 0.05) is 6.54 Å². The lowest BCUT2D eigenvalue weighted by molar-refractivity contribution is 0.283. The Morgan fingerprint density at radius 3 is 2.43 bits per heavy atom. The second-order valence-electron chi connectivity index (χ2n) is 5.85. The molecule has 0 bridgehead atoms. The minimum absolute atomic E-state index is 0.549. The highest BCUT2D eigenvalue weighted by Gasteiger charge is 2.08. The van der Waals surface area contributed by atoms with Crippen molar-refractivity contribution in [1.29, 1.82) is 0 Å². The zero-order chi connectivity index (χ0) is 16.5. The number of rotatable bonds is 9. The monoisotopic (exact) mass is 313 g/mol. The van der Waals surface area contributed by atoms with Crippen LogP contribution in [0.4, 0.5) is 0 Å². The molecular weight excluding hydrogens is 286 g/mol. The highest BCUT2D eigenvalue weighted by molar-refractivity contribution is 5.43. The number of nitrogens with zero attached hydrogens (tertiary/aromatic N) is 1. The largest absolute Gasteiger partial charge is 0.493 e. The highest BCUT2D eigenvalue weighted by Crippen LogP contribution is 2.29. The third-order valence-corrected chi connectivity index (χ3v) is 3.81. The number of benzene rings is 2. The molecule has 0 aliphatic rings. The minimum atomic E-state index is 0.549. The molecule has 0 fully saturated rings. The number of hydrogen-bond donors (Lipinski definition) is 0. The summed E-state index contributed by atoms with van der Waals surface area (Å²) >= 11 is 0. The fraction of sp³-hybridized carbons (Fsp3) is 0.400. The van der Waals surface area contributed by atoms with Crippen LogP contribution in [-0.2, 0) is 13.2 Å². The van der Waals surface area contributed by atoms with Crippen molar-refractivity contribution in [3.63, 3.8) is 0 Å². The van der Waals surface area contributed by atoms with Crippen molar-refractivity contribution in [1.82, 2.24) is 4.90 Å². The summed E-state index contributed by atoms with van der Waals surface area (Å²) < 4.78 is 11.4. The van der Waals surface area contributed by atoms with Crippen LogP contribution in [-0.4, -0.2) is 25.6 Å². The van der Waals surface area contributed by atoms with E-state index in [0.29, 0.717) is 6.61 Å². The van der Waals surface area contributed by atoms with Gasteiger partial charge in [-0.2, -0.15) is 0 Å². The normalized spacial score (nSPS) is 10.8. The van der Waals surface area contributed by atoms with Gasteiger partial charge in [0.2, 0.25) is 0 Å². The van der Waals surface area contributed by atoms with Gasteiger partial charge in [-0.15, -0.1) is 0 Å². The third-order valence-electron chi connectivity index (χ3n) is 3.81.